The molecule has 1 heterocycles. The summed E-state index contributed by atoms with van der Waals surface area (Å²) in [6.07, 6.45) is 6.70. The number of pyridine rings is 1. The minimum absolute atomic E-state index is 0.586. The lowest BCUT2D eigenvalue weighted by atomic mass is 10.2. The zero-order valence-corrected chi connectivity index (χ0v) is 15.6. The van der Waals surface area contributed by atoms with E-state index in [1.54, 1.807) is 0 Å². The Morgan fingerprint density at radius 2 is 1.87 bits per heavy atom. The van der Waals surface area contributed by atoms with Gasteiger partial charge in [0.05, 0.1) is 0 Å². The molecule has 0 radical (unpaired) electrons. The monoisotopic (exact) mass is 320 g/mol. The van der Waals surface area contributed by atoms with Crippen LogP contribution in [0.1, 0.15) is 38.8 Å². The van der Waals surface area contributed by atoms with Crippen molar-refractivity contribution in [3.05, 3.63) is 30.1 Å². The molecular formula is C19H36N4. The topological polar surface area (TPSA) is 31.4 Å². The summed E-state index contributed by atoms with van der Waals surface area (Å²) in [5.74, 6) is 0. The van der Waals surface area contributed by atoms with Gasteiger partial charge in [-0.1, -0.05) is 19.4 Å². The van der Waals surface area contributed by atoms with E-state index >= 15 is 0 Å². The van der Waals surface area contributed by atoms with Gasteiger partial charge in [0.2, 0.25) is 0 Å². The summed E-state index contributed by atoms with van der Waals surface area (Å²) in [6, 6.07) is 6.72. The first-order valence-corrected chi connectivity index (χ1v) is 9.12. The lowest BCUT2D eigenvalue weighted by Gasteiger charge is -2.21. The van der Waals surface area contributed by atoms with Crippen molar-refractivity contribution >= 4 is 0 Å². The molecule has 1 rings (SSSR count). The van der Waals surface area contributed by atoms with Crippen LogP contribution in [0, 0.1) is 0 Å². The van der Waals surface area contributed by atoms with Crippen molar-refractivity contribution in [1.29, 1.82) is 0 Å². The lowest BCUT2D eigenvalue weighted by Crippen LogP contribution is -2.36. The standard InChI is InChI=1S/C19H36N4/c1-5-6-14-22(3)15-10-18(2)20-13-17-23(4)16-11-19-9-7-8-12-21-19/h7-9,12,18,20H,5-6,10-11,13-17H2,1-4H3. The molecule has 4 heteroatoms. The molecule has 1 atom stereocenters. The Morgan fingerprint density at radius 3 is 2.57 bits per heavy atom. The van der Waals surface area contributed by atoms with Gasteiger partial charge >= 0.3 is 0 Å². The van der Waals surface area contributed by atoms with Gasteiger partial charge in [0.1, 0.15) is 0 Å². The van der Waals surface area contributed by atoms with Gasteiger partial charge < -0.3 is 15.1 Å². The van der Waals surface area contributed by atoms with Crippen LogP contribution in [0.5, 0.6) is 0 Å². The summed E-state index contributed by atoms with van der Waals surface area (Å²) < 4.78 is 0. The normalized spacial score (nSPS) is 13.0. The molecule has 0 bridgehead atoms. The van der Waals surface area contributed by atoms with E-state index in [1.807, 2.05) is 12.3 Å². The summed E-state index contributed by atoms with van der Waals surface area (Å²) in [5, 5.41) is 3.64. The molecule has 0 saturated carbocycles. The van der Waals surface area contributed by atoms with Gasteiger partial charge in [-0.2, -0.15) is 0 Å². The highest BCUT2D eigenvalue weighted by molar-refractivity contribution is 5.03. The summed E-state index contributed by atoms with van der Waals surface area (Å²) in [4.78, 5) is 9.20. The first-order valence-electron chi connectivity index (χ1n) is 9.12. The zero-order chi connectivity index (χ0) is 16.9. The molecule has 1 N–H and O–H groups in total. The molecule has 0 aromatic carbocycles. The first-order chi connectivity index (χ1) is 11.1. The number of nitrogens with zero attached hydrogens (tertiary/aromatic N) is 3. The molecule has 0 saturated heterocycles. The zero-order valence-electron chi connectivity index (χ0n) is 15.6. The Labute approximate surface area is 143 Å². The highest BCUT2D eigenvalue weighted by Crippen LogP contribution is 1.98. The van der Waals surface area contributed by atoms with E-state index in [-0.39, 0.29) is 0 Å². The van der Waals surface area contributed by atoms with Crippen molar-refractivity contribution in [2.24, 2.45) is 0 Å². The van der Waals surface area contributed by atoms with Gasteiger partial charge in [-0.15, -0.1) is 0 Å². The highest BCUT2D eigenvalue weighted by atomic mass is 15.1. The van der Waals surface area contributed by atoms with E-state index in [2.05, 4.69) is 60.2 Å². The predicted octanol–water partition coefficient (Wildman–Crippen LogP) is 2.66. The van der Waals surface area contributed by atoms with Crippen LogP contribution >= 0.6 is 0 Å². The lowest BCUT2D eigenvalue weighted by molar-refractivity contribution is 0.294. The maximum absolute atomic E-state index is 4.37. The Balaban J connectivity index is 2.04. The van der Waals surface area contributed by atoms with E-state index < -0.39 is 0 Å². The van der Waals surface area contributed by atoms with Crippen molar-refractivity contribution in [1.82, 2.24) is 20.1 Å². The number of hydrogen-bond donors (Lipinski definition) is 1. The van der Waals surface area contributed by atoms with Crippen LogP contribution in [0.4, 0.5) is 0 Å². The Bertz CT molecular complexity index is 382. The maximum atomic E-state index is 4.37. The summed E-state index contributed by atoms with van der Waals surface area (Å²) >= 11 is 0. The molecule has 0 aliphatic rings. The Kier molecular flexibility index (Phi) is 10.9. The van der Waals surface area contributed by atoms with Gasteiger partial charge in [-0.25, -0.2) is 0 Å². The van der Waals surface area contributed by atoms with Crippen LogP contribution in [0.3, 0.4) is 0 Å². The Hall–Kier alpha value is -0.970. The fourth-order valence-corrected chi connectivity index (χ4v) is 2.52. The molecule has 4 nitrogen and oxygen atoms in total. The highest BCUT2D eigenvalue weighted by Gasteiger charge is 2.05. The van der Waals surface area contributed by atoms with Crippen LogP contribution in [0.25, 0.3) is 0 Å². The number of aromatic nitrogens is 1. The molecular weight excluding hydrogens is 284 g/mol. The van der Waals surface area contributed by atoms with Crippen LogP contribution in [-0.4, -0.2) is 67.6 Å². The SMILES string of the molecule is CCCCN(C)CCC(C)NCCN(C)CCc1ccccn1. The fourth-order valence-electron chi connectivity index (χ4n) is 2.52. The summed E-state index contributed by atoms with van der Waals surface area (Å²) in [6.45, 7) is 10.2. The molecule has 1 unspecified atom stereocenters. The van der Waals surface area contributed by atoms with Gasteiger partial charge in [-0.05, 0) is 59.1 Å². The predicted molar refractivity (Wildman–Crippen MR) is 99.9 cm³/mol. The molecule has 0 fully saturated rings. The van der Waals surface area contributed by atoms with Crippen LogP contribution in [0.2, 0.25) is 0 Å². The van der Waals surface area contributed by atoms with Gasteiger partial charge in [-0.3, -0.25) is 4.98 Å². The molecule has 132 valence electrons. The molecule has 0 aliphatic carbocycles. The van der Waals surface area contributed by atoms with E-state index in [9.17, 15) is 0 Å². The molecule has 0 spiro atoms. The van der Waals surface area contributed by atoms with E-state index in [0.29, 0.717) is 6.04 Å². The average molecular weight is 321 g/mol. The number of rotatable bonds is 13. The second kappa shape index (κ2) is 12.5. The smallest absolute Gasteiger partial charge is 0.0416 e. The number of unbranched alkanes of at least 4 members (excludes halogenated alkanes) is 1. The molecule has 1 aromatic rings. The minimum Gasteiger partial charge on any atom is -0.313 e. The quantitative estimate of drug-likeness (QED) is 0.605. The van der Waals surface area contributed by atoms with Gasteiger partial charge in [0, 0.05) is 44.0 Å². The second-order valence-electron chi connectivity index (χ2n) is 6.68. The second-order valence-corrected chi connectivity index (χ2v) is 6.68. The summed E-state index contributed by atoms with van der Waals surface area (Å²) in [7, 11) is 4.42. The average Bonchev–Trinajstić information content (AvgIpc) is 2.57. The number of likely N-dealkylation sites (N-methyl/N-ethyl adjacent to an activating group) is 1. The minimum atomic E-state index is 0.586. The molecule has 0 aliphatic heterocycles. The van der Waals surface area contributed by atoms with Gasteiger partial charge in [0.25, 0.3) is 0 Å². The van der Waals surface area contributed by atoms with Crippen molar-refractivity contribution in [2.75, 3.05) is 46.8 Å². The van der Waals surface area contributed by atoms with Crippen molar-refractivity contribution in [3.8, 4) is 0 Å². The maximum Gasteiger partial charge on any atom is 0.0416 e. The molecule has 1 aromatic heterocycles. The van der Waals surface area contributed by atoms with Crippen molar-refractivity contribution < 1.29 is 0 Å². The van der Waals surface area contributed by atoms with Crippen LogP contribution < -0.4 is 5.32 Å². The van der Waals surface area contributed by atoms with Crippen LogP contribution in [0.15, 0.2) is 24.4 Å². The Morgan fingerprint density at radius 1 is 1.09 bits per heavy atom. The fraction of sp³-hybridized carbons (Fsp3) is 0.737. The van der Waals surface area contributed by atoms with Crippen molar-refractivity contribution in [2.45, 2.75) is 45.6 Å². The molecule has 23 heavy (non-hydrogen) atoms. The summed E-state index contributed by atoms with van der Waals surface area (Å²) in [5.41, 5.74) is 1.18. The number of nitrogens with one attached hydrogen (secondary N) is 1. The van der Waals surface area contributed by atoms with E-state index in [0.717, 1.165) is 26.1 Å². The van der Waals surface area contributed by atoms with Gasteiger partial charge in [0.15, 0.2) is 0 Å². The number of hydrogen-bond acceptors (Lipinski definition) is 4. The third-order valence-corrected chi connectivity index (χ3v) is 4.30. The first kappa shape index (κ1) is 20.1. The van der Waals surface area contributed by atoms with E-state index in [1.165, 1.54) is 38.0 Å². The third kappa shape index (κ3) is 10.4. The van der Waals surface area contributed by atoms with E-state index in [4.69, 9.17) is 0 Å². The van der Waals surface area contributed by atoms with Crippen molar-refractivity contribution in [3.63, 3.8) is 0 Å². The molecule has 0 amide bonds. The largest absolute Gasteiger partial charge is 0.313 e. The van der Waals surface area contributed by atoms with Crippen LogP contribution in [-0.2, 0) is 6.42 Å². The third-order valence-electron chi connectivity index (χ3n) is 4.30.